The van der Waals surface area contributed by atoms with Gasteiger partial charge in [-0.25, -0.2) is 13.2 Å². The molecule has 0 bridgehead atoms. The lowest BCUT2D eigenvalue weighted by Crippen LogP contribution is -2.87. The molecule has 2 aromatic carbocycles. The maximum Gasteiger partial charge on any atom is 0.304 e. The number of carbonyl (C=O) groups excluding carboxylic acids is 2. The van der Waals surface area contributed by atoms with Crippen LogP contribution >= 0.6 is 22.6 Å². The first-order valence-electron chi connectivity index (χ1n) is 12.9. The highest BCUT2D eigenvalue weighted by Crippen LogP contribution is 2.47. The normalized spacial score (nSPS) is 20.6. The van der Waals surface area contributed by atoms with Crippen molar-refractivity contribution >= 4 is 45.7 Å². The van der Waals surface area contributed by atoms with Gasteiger partial charge < -0.3 is 10.1 Å². The Labute approximate surface area is 244 Å². The molecule has 212 valence electrons. The van der Waals surface area contributed by atoms with E-state index < -0.39 is 46.2 Å². The lowest BCUT2D eigenvalue weighted by molar-refractivity contribution is -0.233. The van der Waals surface area contributed by atoms with Gasteiger partial charge >= 0.3 is 5.97 Å². The fourth-order valence-corrected chi connectivity index (χ4v) is 5.90. The predicted octanol–water partition coefficient (Wildman–Crippen LogP) is 5.61. The van der Waals surface area contributed by atoms with Crippen LogP contribution < -0.4 is 10.6 Å². The summed E-state index contributed by atoms with van der Waals surface area (Å²) < 4.78 is 50.9. The van der Waals surface area contributed by atoms with E-state index in [1.54, 1.807) is 25.4 Å². The summed E-state index contributed by atoms with van der Waals surface area (Å²) in [6.07, 6.45) is 4.11. The maximum absolute atomic E-state index is 15.3. The zero-order valence-electron chi connectivity index (χ0n) is 22.4. The molecule has 1 aromatic heterocycles. The average molecular weight is 666 g/mol. The monoisotopic (exact) mass is 666 g/mol. The van der Waals surface area contributed by atoms with Gasteiger partial charge in [0.2, 0.25) is 5.72 Å². The maximum atomic E-state index is 15.3. The number of nitrogens with zero attached hydrogens (tertiary/aromatic N) is 2. The summed E-state index contributed by atoms with van der Waals surface area (Å²) in [7, 11) is 0. The van der Waals surface area contributed by atoms with Gasteiger partial charge in [0.25, 0.3) is 0 Å². The quantitative estimate of drug-likeness (QED) is 0.119. The van der Waals surface area contributed by atoms with E-state index in [9.17, 15) is 18.4 Å². The number of nitrogens with one attached hydrogen (secondary N) is 2. The van der Waals surface area contributed by atoms with Crippen molar-refractivity contribution in [1.29, 1.82) is 0 Å². The van der Waals surface area contributed by atoms with Crippen molar-refractivity contribution in [1.82, 2.24) is 15.2 Å². The van der Waals surface area contributed by atoms with E-state index in [1.165, 1.54) is 25.1 Å². The molecule has 1 aliphatic heterocycles. The van der Waals surface area contributed by atoms with Crippen molar-refractivity contribution in [3.05, 3.63) is 87.0 Å². The molecule has 0 saturated carbocycles. The first kappa shape index (κ1) is 29.9. The van der Waals surface area contributed by atoms with Gasteiger partial charge in [-0.2, -0.15) is 0 Å². The molecule has 3 aromatic rings. The second-order valence-corrected chi connectivity index (χ2v) is 10.8. The number of likely N-dealkylation sites (tertiary alicyclic amines) is 1. The summed E-state index contributed by atoms with van der Waals surface area (Å²) in [4.78, 5) is 32.8. The number of benzene rings is 2. The van der Waals surface area contributed by atoms with Gasteiger partial charge in [-0.05, 0) is 83.9 Å². The Hall–Kier alpha value is -3.03. The molecular weight excluding hydrogens is 636 g/mol. The molecule has 11 heteroatoms. The molecule has 7 nitrogen and oxygen atoms in total. The van der Waals surface area contributed by atoms with Gasteiger partial charge in [-0.3, -0.25) is 24.8 Å². The Bertz CT molecular complexity index is 1410. The highest BCUT2D eigenvalue weighted by molar-refractivity contribution is 14.1. The smallest absolute Gasteiger partial charge is 0.304 e. The number of likely N-dealkylation sites (N-methyl/N-ethyl adjacent to an activating group) is 1. The average Bonchev–Trinajstić information content (AvgIpc) is 2.91. The van der Waals surface area contributed by atoms with Gasteiger partial charge in [-0.1, -0.05) is 19.9 Å². The molecule has 2 atom stereocenters. The van der Waals surface area contributed by atoms with Gasteiger partial charge in [0.15, 0.2) is 17.4 Å². The number of hydrogen-bond donors (Lipinski definition) is 2. The molecule has 2 unspecified atom stereocenters. The molecule has 2 N–H and O–H groups in total. The molecule has 0 radical (unpaired) electrons. The molecule has 0 spiro atoms. The van der Waals surface area contributed by atoms with E-state index in [-0.39, 0.29) is 24.2 Å². The number of halogens is 4. The molecule has 4 rings (SSSR count). The van der Waals surface area contributed by atoms with Crippen molar-refractivity contribution in [2.24, 2.45) is 0 Å². The van der Waals surface area contributed by atoms with Crippen LogP contribution in [0, 0.1) is 21.0 Å². The van der Waals surface area contributed by atoms with Gasteiger partial charge in [0.1, 0.15) is 11.4 Å². The summed E-state index contributed by atoms with van der Waals surface area (Å²) in [5.74, 6) is -4.40. The number of ether oxygens (including phenoxy) is 1. The minimum atomic E-state index is -1.45. The first-order chi connectivity index (χ1) is 19.1. The van der Waals surface area contributed by atoms with Crippen LogP contribution in [0.4, 0.5) is 24.5 Å². The number of pyridine rings is 1. The molecule has 1 fully saturated rings. The predicted molar refractivity (Wildman–Crippen MR) is 154 cm³/mol. The van der Waals surface area contributed by atoms with Crippen LogP contribution in [0.3, 0.4) is 0 Å². The Morgan fingerprint density at radius 2 is 1.90 bits per heavy atom. The van der Waals surface area contributed by atoms with E-state index in [0.29, 0.717) is 23.1 Å². The molecular formula is C29H30F3IN4O3. The van der Waals surface area contributed by atoms with Gasteiger partial charge in [0, 0.05) is 35.0 Å². The third kappa shape index (κ3) is 5.46. The van der Waals surface area contributed by atoms with Crippen molar-refractivity contribution < 1.29 is 27.5 Å². The Morgan fingerprint density at radius 3 is 2.52 bits per heavy atom. The Kier molecular flexibility index (Phi) is 9.16. The second-order valence-electron chi connectivity index (χ2n) is 9.55. The minimum Gasteiger partial charge on any atom is -0.440 e. The Balaban J connectivity index is 1.77. The standard InChI is InChI=1S/C29H30F3IN4O3/c1-4-28(29(40-18(3)38,17-37(28)5-2)35-14-12-19-7-6-13-34-16-19)27(39)21-9-10-22(30)25(32)26(21)36-24-11-8-20(33)15-23(24)31/h6-11,13,15-16,35-36H,4-5,12,14,17H2,1-3H3. The summed E-state index contributed by atoms with van der Waals surface area (Å²) in [6.45, 7) is 5.86. The topological polar surface area (TPSA) is 83.6 Å². The van der Waals surface area contributed by atoms with Gasteiger partial charge in [-0.15, -0.1) is 0 Å². The number of rotatable bonds is 11. The summed E-state index contributed by atoms with van der Waals surface area (Å²) in [6, 6.07) is 9.97. The molecule has 1 aliphatic rings. The Morgan fingerprint density at radius 1 is 1.12 bits per heavy atom. The van der Waals surface area contributed by atoms with Crippen LogP contribution in [0.2, 0.25) is 0 Å². The number of carbonyl (C=O) groups is 2. The molecule has 2 heterocycles. The van der Waals surface area contributed by atoms with Crippen molar-refractivity contribution in [3.8, 4) is 0 Å². The number of aromatic nitrogens is 1. The number of Topliss-reactive ketones (excluding diaryl/α,β-unsaturated/α-hetero) is 1. The van der Waals surface area contributed by atoms with E-state index >= 15 is 4.39 Å². The fraction of sp³-hybridized carbons (Fsp3) is 0.345. The van der Waals surface area contributed by atoms with E-state index in [2.05, 4.69) is 15.6 Å². The lowest BCUT2D eigenvalue weighted by Gasteiger charge is -2.63. The van der Waals surface area contributed by atoms with E-state index in [0.717, 1.165) is 11.6 Å². The molecule has 40 heavy (non-hydrogen) atoms. The third-order valence-corrected chi connectivity index (χ3v) is 7.96. The third-order valence-electron chi connectivity index (χ3n) is 7.29. The van der Waals surface area contributed by atoms with E-state index in [4.69, 9.17) is 4.74 Å². The lowest BCUT2D eigenvalue weighted by atomic mass is 9.68. The van der Waals surface area contributed by atoms with Crippen molar-refractivity contribution in [2.45, 2.75) is 44.9 Å². The number of esters is 1. The van der Waals surface area contributed by atoms with Crippen molar-refractivity contribution in [2.75, 3.05) is 25.0 Å². The van der Waals surface area contributed by atoms with Crippen LogP contribution in [0.25, 0.3) is 0 Å². The van der Waals surface area contributed by atoms with Crippen LogP contribution in [-0.4, -0.2) is 52.5 Å². The zero-order valence-corrected chi connectivity index (χ0v) is 24.5. The van der Waals surface area contributed by atoms with Crippen LogP contribution in [0.15, 0.2) is 54.9 Å². The fourth-order valence-electron chi connectivity index (χ4n) is 5.44. The zero-order chi connectivity index (χ0) is 29.1. The van der Waals surface area contributed by atoms with Crippen molar-refractivity contribution in [3.63, 3.8) is 0 Å². The summed E-state index contributed by atoms with van der Waals surface area (Å²) in [5.41, 5.74) is -2.76. The molecule has 0 amide bonds. The highest BCUT2D eigenvalue weighted by Gasteiger charge is 2.70. The van der Waals surface area contributed by atoms with Crippen LogP contribution in [0.5, 0.6) is 0 Å². The first-order valence-corrected chi connectivity index (χ1v) is 14.0. The SMILES string of the molecule is CCN1CC(NCCc2cccnc2)(OC(C)=O)C1(CC)C(=O)c1ccc(F)c(F)c1Nc1ccc(I)cc1F. The summed E-state index contributed by atoms with van der Waals surface area (Å²) in [5, 5.41) is 5.90. The van der Waals surface area contributed by atoms with E-state index in [1.807, 2.05) is 46.5 Å². The number of hydrogen-bond acceptors (Lipinski definition) is 7. The minimum absolute atomic E-state index is 0.119. The second kappa shape index (κ2) is 12.2. The largest absolute Gasteiger partial charge is 0.440 e. The highest BCUT2D eigenvalue weighted by atomic mass is 127. The van der Waals surface area contributed by atoms with Gasteiger partial charge in [0.05, 0.1) is 17.9 Å². The summed E-state index contributed by atoms with van der Waals surface area (Å²) >= 11 is 1.93. The van der Waals surface area contributed by atoms with Crippen LogP contribution in [-0.2, 0) is 16.0 Å². The number of anilines is 2. The molecule has 0 aliphatic carbocycles. The van der Waals surface area contributed by atoms with Crippen LogP contribution in [0.1, 0.15) is 43.1 Å². The number of ketones is 1. The molecule has 1 saturated heterocycles.